The van der Waals surface area contributed by atoms with E-state index < -0.39 is 5.78 Å². The fraction of sp³-hybridized carbons (Fsp3) is 0.111. The van der Waals surface area contributed by atoms with Crippen LogP contribution < -0.4 is 5.32 Å². The van der Waals surface area contributed by atoms with Crippen molar-refractivity contribution in [1.82, 2.24) is 0 Å². The molecule has 0 aliphatic rings. The van der Waals surface area contributed by atoms with E-state index in [9.17, 15) is 4.79 Å². The van der Waals surface area contributed by atoms with E-state index in [1.807, 2.05) is 0 Å². The first-order valence-electron chi connectivity index (χ1n) is 3.65. The predicted octanol–water partition coefficient (Wildman–Crippen LogP) is 1.84. The van der Waals surface area contributed by atoms with E-state index in [1.54, 1.807) is 24.3 Å². The number of hydrogen-bond donors (Lipinski definition) is 1. The van der Waals surface area contributed by atoms with Crippen molar-refractivity contribution in [2.75, 3.05) is 11.9 Å². The highest BCUT2D eigenvalue weighted by Crippen LogP contribution is 2.14. The summed E-state index contributed by atoms with van der Waals surface area (Å²) in [5.41, 5.74) is 0.733. The average Bonchev–Trinajstić information content (AvgIpc) is 2.14. The van der Waals surface area contributed by atoms with E-state index in [2.05, 4.69) is 5.32 Å². The highest BCUT2D eigenvalue weighted by atomic mass is 35.5. The van der Waals surface area contributed by atoms with Crippen molar-refractivity contribution in [3.05, 3.63) is 29.3 Å². The van der Waals surface area contributed by atoms with E-state index in [0.717, 1.165) is 5.69 Å². The molecule has 0 aliphatic carbocycles. The molecule has 0 aliphatic heterocycles. The van der Waals surface area contributed by atoms with Crippen LogP contribution in [0.4, 0.5) is 5.69 Å². The van der Waals surface area contributed by atoms with Gasteiger partial charge in [0.2, 0.25) is 0 Å². The van der Waals surface area contributed by atoms with E-state index in [4.69, 9.17) is 16.9 Å². The molecule has 3 nitrogen and oxygen atoms in total. The first kappa shape index (κ1) is 9.56. The molecule has 0 atom stereocenters. The molecule has 13 heavy (non-hydrogen) atoms. The number of nitriles is 1. The van der Waals surface area contributed by atoms with Crippen molar-refractivity contribution in [3.8, 4) is 6.07 Å². The number of nitrogens with zero attached hydrogens (tertiary/aromatic N) is 1. The first-order valence-corrected chi connectivity index (χ1v) is 4.02. The largest absolute Gasteiger partial charge is 0.377 e. The summed E-state index contributed by atoms with van der Waals surface area (Å²) in [4.78, 5) is 10.6. The third kappa shape index (κ3) is 3.14. The summed E-state index contributed by atoms with van der Waals surface area (Å²) in [6, 6.07) is 8.48. The zero-order chi connectivity index (χ0) is 9.68. The lowest BCUT2D eigenvalue weighted by molar-refractivity contribution is -0.112. The minimum absolute atomic E-state index is 0.0108. The Morgan fingerprint density at radius 2 is 2.38 bits per heavy atom. The van der Waals surface area contributed by atoms with Crippen LogP contribution in [-0.4, -0.2) is 12.3 Å². The predicted molar refractivity (Wildman–Crippen MR) is 50.6 cm³/mol. The summed E-state index contributed by atoms with van der Waals surface area (Å²) in [5, 5.41) is 11.6. The molecule has 0 aromatic heterocycles. The molecule has 0 amide bonds. The summed E-state index contributed by atoms with van der Waals surface area (Å²) in [6.07, 6.45) is 0. The number of rotatable bonds is 3. The second-order valence-corrected chi connectivity index (χ2v) is 2.84. The van der Waals surface area contributed by atoms with Crippen LogP contribution >= 0.6 is 11.6 Å². The zero-order valence-corrected chi connectivity index (χ0v) is 7.51. The highest BCUT2D eigenvalue weighted by molar-refractivity contribution is 6.30. The topological polar surface area (TPSA) is 52.9 Å². The van der Waals surface area contributed by atoms with E-state index in [0.29, 0.717) is 5.02 Å². The lowest BCUT2D eigenvalue weighted by atomic mass is 10.3. The monoisotopic (exact) mass is 194 g/mol. The van der Waals surface area contributed by atoms with Crippen LogP contribution in [0, 0.1) is 11.3 Å². The molecule has 4 heteroatoms. The smallest absolute Gasteiger partial charge is 0.250 e. The van der Waals surface area contributed by atoms with Gasteiger partial charge in [-0.05, 0) is 18.2 Å². The maximum absolute atomic E-state index is 10.6. The maximum atomic E-state index is 10.6. The number of anilines is 1. The lowest BCUT2D eigenvalue weighted by Gasteiger charge is -2.02. The number of halogens is 1. The van der Waals surface area contributed by atoms with Gasteiger partial charge in [0, 0.05) is 10.7 Å². The number of Topliss-reactive ketones (excluding diaryl/α,β-unsaturated/α-hetero) is 1. The van der Waals surface area contributed by atoms with Crippen LogP contribution in [-0.2, 0) is 4.79 Å². The van der Waals surface area contributed by atoms with Crippen molar-refractivity contribution in [2.24, 2.45) is 0 Å². The quantitative estimate of drug-likeness (QED) is 0.748. The Morgan fingerprint density at radius 3 is 3.00 bits per heavy atom. The van der Waals surface area contributed by atoms with Crippen molar-refractivity contribution < 1.29 is 4.79 Å². The second kappa shape index (κ2) is 4.48. The molecular formula is C9H7ClN2O. The van der Waals surface area contributed by atoms with Gasteiger partial charge >= 0.3 is 0 Å². The third-order valence-corrected chi connectivity index (χ3v) is 1.64. The zero-order valence-electron chi connectivity index (χ0n) is 6.75. The van der Waals surface area contributed by atoms with E-state index in [1.165, 1.54) is 6.07 Å². The molecule has 66 valence electrons. The van der Waals surface area contributed by atoms with Crippen LogP contribution in [0.25, 0.3) is 0 Å². The minimum Gasteiger partial charge on any atom is -0.377 e. The maximum Gasteiger partial charge on any atom is 0.250 e. The van der Waals surface area contributed by atoms with Crippen LogP contribution in [0.15, 0.2) is 24.3 Å². The molecule has 0 radical (unpaired) electrons. The van der Waals surface area contributed by atoms with Crippen LogP contribution in [0.3, 0.4) is 0 Å². The summed E-state index contributed by atoms with van der Waals surface area (Å²) < 4.78 is 0. The van der Waals surface area contributed by atoms with Gasteiger partial charge in [-0.15, -0.1) is 0 Å². The molecule has 0 saturated heterocycles. The average molecular weight is 195 g/mol. The van der Waals surface area contributed by atoms with Gasteiger partial charge in [0.15, 0.2) is 0 Å². The van der Waals surface area contributed by atoms with Crippen molar-refractivity contribution >= 4 is 23.1 Å². The molecule has 1 rings (SSSR count). The highest BCUT2D eigenvalue weighted by Gasteiger charge is 1.98. The SMILES string of the molecule is N#CC(=O)CNc1cccc(Cl)c1. The van der Waals surface area contributed by atoms with Gasteiger partial charge in [-0.25, -0.2) is 0 Å². The van der Waals surface area contributed by atoms with Gasteiger partial charge in [0.1, 0.15) is 6.07 Å². The standard InChI is InChI=1S/C9H7ClN2O/c10-7-2-1-3-8(4-7)12-6-9(13)5-11/h1-4,12H,6H2. The molecule has 1 N–H and O–H groups in total. The summed E-state index contributed by atoms with van der Waals surface area (Å²) >= 11 is 5.70. The number of ketones is 1. The van der Waals surface area contributed by atoms with Crippen LogP contribution in [0.2, 0.25) is 5.02 Å². The number of nitrogens with one attached hydrogen (secondary N) is 1. The molecule has 0 saturated carbocycles. The Morgan fingerprint density at radius 1 is 1.62 bits per heavy atom. The molecule has 0 fully saturated rings. The minimum atomic E-state index is -0.500. The van der Waals surface area contributed by atoms with Gasteiger partial charge in [-0.1, -0.05) is 17.7 Å². The van der Waals surface area contributed by atoms with Gasteiger partial charge in [0.25, 0.3) is 5.78 Å². The molecular weight excluding hydrogens is 188 g/mol. The van der Waals surface area contributed by atoms with Crippen LogP contribution in [0.1, 0.15) is 0 Å². The fourth-order valence-electron chi connectivity index (χ4n) is 0.820. The Hall–Kier alpha value is -1.53. The normalized spacial score (nSPS) is 8.92. The summed E-state index contributed by atoms with van der Waals surface area (Å²) in [6.45, 7) is 0.0108. The number of hydrogen-bond acceptors (Lipinski definition) is 3. The Labute approximate surface area is 80.9 Å². The van der Waals surface area contributed by atoms with Gasteiger partial charge in [0.05, 0.1) is 6.54 Å². The Balaban J connectivity index is 2.56. The Bertz CT molecular complexity index is 357. The first-order chi connectivity index (χ1) is 6.22. The van der Waals surface area contributed by atoms with Crippen LogP contribution in [0.5, 0.6) is 0 Å². The molecule has 1 aromatic carbocycles. The molecule has 0 heterocycles. The third-order valence-electron chi connectivity index (χ3n) is 1.40. The van der Waals surface area contributed by atoms with Gasteiger partial charge < -0.3 is 5.32 Å². The number of benzene rings is 1. The molecule has 1 aromatic rings. The molecule has 0 unspecified atom stereocenters. The number of carbonyl (C=O) groups is 1. The number of carbonyl (C=O) groups excluding carboxylic acids is 1. The van der Waals surface area contributed by atoms with Crippen molar-refractivity contribution in [1.29, 1.82) is 5.26 Å². The molecule has 0 spiro atoms. The molecule has 0 bridgehead atoms. The van der Waals surface area contributed by atoms with Gasteiger partial charge in [-0.3, -0.25) is 4.79 Å². The van der Waals surface area contributed by atoms with Gasteiger partial charge in [-0.2, -0.15) is 5.26 Å². The Kier molecular flexibility index (Phi) is 3.30. The fourth-order valence-corrected chi connectivity index (χ4v) is 1.01. The lowest BCUT2D eigenvalue weighted by Crippen LogP contribution is -2.11. The van der Waals surface area contributed by atoms with E-state index in [-0.39, 0.29) is 6.54 Å². The second-order valence-electron chi connectivity index (χ2n) is 2.40. The van der Waals surface area contributed by atoms with E-state index >= 15 is 0 Å². The summed E-state index contributed by atoms with van der Waals surface area (Å²) in [7, 11) is 0. The summed E-state index contributed by atoms with van der Waals surface area (Å²) in [5.74, 6) is -0.500. The van der Waals surface area contributed by atoms with Crippen molar-refractivity contribution in [2.45, 2.75) is 0 Å². The van der Waals surface area contributed by atoms with Crippen molar-refractivity contribution in [3.63, 3.8) is 0 Å².